The van der Waals surface area contributed by atoms with Crippen molar-refractivity contribution in [3.05, 3.63) is 27.9 Å². The van der Waals surface area contributed by atoms with Crippen LogP contribution >= 0.6 is 0 Å². The fourth-order valence-corrected chi connectivity index (χ4v) is 3.30. The van der Waals surface area contributed by atoms with E-state index in [9.17, 15) is 9.59 Å². The Morgan fingerprint density at radius 3 is 2.81 bits per heavy atom. The number of carbonyl (C=O) groups excluding carboxylic acids is 1. The predicted octanol–water partition coefficient (Wildman–Crippen LogP) is 0.777. The number of hydrogen-bond acceptors (Lipinski definition) is 4. The minimum Gasteiger partial charge on any atom is -0.335 e. The quantitative estimate of drug-likeness (QED) is 0.874. The Morgan fingerprint density at radius 2 is 2.14 bits per heavy atom. The average Bonchev–Trinajstić information content (AvgIpc) is 2.39. The van der Waals surface area contributed by atoms with Crippen LogP contribution in [0.25, 0.3) is 0 Å². The summed E-state index contributed by atoms with van der Waals surface area (Å²) >= 11 is 0. The molecule has 1 atom stereocenters. The van der Waals surface area contributed by atoms with Crippen molar-refractivity contribution in [2.75, 3.05) is 19.6 Å². The smallest absolute Gasteiger partial charge is 0.263 e. The molecule has 114 valence electrons. The highest BCUT2D eigenvalue weighted by Gasteiger charge is 2.38. The second-order valence-electron chi connectivity index (χ2n) is 6.16. The molecule has 0 unspecified atom stereocenters. The molecule has 6 heteroatoms. The van der Waals surface area contributed by atoms with Crippen LogP contribution in [0.5, 0.6) is 0 Å². The lowest BCUT2D eigenvalue weighted by atomic mass is 9.97. The topological polar surface area (TPSA) is 69.3 Å². The highest BCUT2D eigenvalue weighted by atomic mass is 16.2. The number of nitrogens with zero attached hydrogens (tertiary/aromatic N) is 3. The van der Waals surface area contributed by atoms with Gasteiger partial charge in [0, 0.05) is 31.4 Å². The molecule has 1 N–H and O–H groups in total. The fourth-order valence-electron chi connectivity index (χ4n) is 3.30. The zero-order valence-corrected chi connectivity index (χ0v) is 12.6. The average molecular weight is 290 g/mol. The molecule has 0 aliphatic carbocycles. The van der Waals surface area contributed by atoms with Gasteiger partial charge in [0.05, 0.1) is 0 Å². The number of piperidine rings is 1. The zero-order valence-electron chi connectivity index (χ0n) is 12.6. The number of aromatic amines is 1. The molecule has 3 heterocycles. The van der Waals surface area contributed by atoms with E-state index in [4.69, 9.17) is 0 Å². The summed E-state index contributed by atoms with van der Waals surface area (Å²) < 4.78 is 0. The molecule has 2 fully saturated rings. The first kappa shape index (κ1) is 14.3. The van der Waals surface area contributed by atoms with Crippen LogP contribution in [0.2, 0.25) is 0 Å². The molecule has 1 amide bonds. The third-order valence-electron chi connectivity index (χ3n) is 4.63. The van der Waals surface area contributed by atoms with Gasteiger partial charge in [-0.2, -0.15) is 0 Å². The van der Waals surface area contributed by atoms with Crippen molar-refractivity contribution in [2.45, 2.75) is 45.2 Å². The second-order valence-corrected chi connectivity index (χ2v) is 6.16. The van der Waals surface area contributed by atoms with E-state index in [-0.39, 0.29) is 17.0 Å². The van der Waals surface area contributed by atoms with Crippen molar-refractivity contribution >= 4 is 5.91 Å². The van der Waals surface area contributed by atoms with Gasteiger partial charge >= 0.3 is 0 Å². The number of likely N-dealkylation sites (tertiary alicyclic amines) is 2. The Bertz CT molecular complexity index is 592. The number of rotatable bonds is 2. The lowest BCUT2D eigenvalue weighted by molar-refractivity contribution is 0.00200. The number of carbonyl (C=O) groups is 1. The minimum atomic E-state index is -0.345. The molecular weight excluding hydrogens is 268 g/mol. The fraction of sp³-hybridized carbons (Fsp3) is 0.667. The molecular formula is C15H22N4O2. The number of hydrogen-bond donors (Lipinski definition) is 1. The highest BCUT2D eigenvalue weighted by molar-refractivity contribution is 5.94. The molecule has 0 spiro atoms. The number of aromatic nitrogens is 2. The SMILES string of the molecule is Cc1ncc(C(=O)N2CC(N3CCCC[C@@H]3C)C2)c(=O)[nH]1. The molecule has 3 rings (SSSR count). The van der Waals surface area contributed by atoms with E-state index in [1.54, 1.807) is 11.8 Å². The summed E-state index contributed by atoms with van der Waals surface area (Å²) in [6.07, 6.45) is 5.17. The van der Waals surface area contributed by atoms with Gasteiger partial charge in [-0.3, -0.25) is 14.5 Å². The van der Waals surface area contributed by atoms with Gasteiger partial charge in [0.2, 0.25) is 0 Å². The van der Waals surface area contributed by atoms with Crippen molar-refractivity contribution in [3.63, 3.8) is 0 Å². The molecule has 0 radical (unpaired) electrons. The number of H-pyrrole nitrogens is 1. The standard InChI is InChI=1S/C15H22N4O2/c1-10-5-3-4-6-19(10)12-8-18(9-12)15(21)13-7-16-11(2)17-14(13)20/h7,10,12H,3-6,8-9H2,1-2H3,(H,16,17,20)/t10-/m0/s1. The van der Waals surface area contributed by atoms with Crippen molar-refractivity contribution in [2.24, 2.45) is 0 Å². The van der Waals surface area contributed by atoms with Gasteiger partial charge in [0.15, 0.2) is 0 Å². The van der Waals surface area contributed by atoms with Gasteiger partial charge in [0.25, 0.3) is 11.5 Å². The first-order valence-electron chi connectivity index (χ1n) is 7.67. The monoisotopic (exact) mass is 290 g/mol. The summed E-state index contributed by atoms with van der Waals surface area (Å²) in [7, 11) is 0. The summed E-state index contributed by atoms with van der Waals surface area (Å²) in [6.45, 7) is 6.53. The lowest BCUT2D eigenvalue weighted by Crippen LogP contribution is -2.63. The van der Waals surface area contributed by atoms with Crippen molar-refractivity contribution in [3.8, 4) is 0 Å². The summed E-state index contributed by atoms with van der Waals surface area (Å²) in [4.78, 5) is 35.0. The Balaban J connectivity index is 1.63. The molecule has 0 aromatic carbocycles. The third-order valence-corrected chi connectivity index (χ3v) is 4.63. The molecule has 0 saturated carbocycles. The summed E-state index contributed by atoms with van der Waals surface area (Å²) in [5.41, 5.74) is -0.201. The van der Waals surface area contributed by atoms with E-state index in [0.29, 0.717) is 17.9 Å². The predicted molar refractivity (Wildman–Crippen MR) is 79.3 cm³/mol. The first-order valence-corrected chi connectivity index (χ1v) is 7.67. The van der Waals surface area contributed by atoms with Gasteiger partial charge < -0.3 is 9.88 Å². The Hall–Kier alpha value is -1.69. The molecule has 21 heavy (non-hydrogen) atoms. The number of amides is 1. The van der Waals surface area contributed by atoms with Crippen LogP contribution in [0.1, 0.15) is 42.4 Å². The maximum absolute atomic E-state index is 12.3. The van der Waals surface area contributed by atoms with Crippen LogP contribution in [0, 0.1) is 6.92 Å². The van der Waals surface area contributed by atoms with Gasteiger partial charge in [-0.25, -0.2) is 4.98 Å². The Labute approximate surface area is 124 Å². The summed E-state index contributed by atoms with van der Waals surface area (Å²) in [6, 6.07) is 1.05. The van der Waals surface area contributed by atoms with Crippen LogP contribution in [0.3, 0.4) is 0 Å². The molecule has 2 aliphatic heterocycles. The van der Waals surface area contributed by atoms with Gasteiger partial charge in [-0.05, 0) is 33.2 Å². The molecule has 1 aromatic heterocycles. The van der Waals surface area contributed by atoms with Crippen LogP contribution < -0.4 is 5.56 Å². The normalized spacial score (nSPS) is 23.9. The van der Waals surface area contributed by atoms with Gasteiger partial charge in [0.1, 0.15) is 11.4 Å². The maximum atomic E-state index is 12.3. The number of aryl methyl sites for hydroxylation is 1. The van der Waals surface area contributed by atoms with E-state index in [1.165, 1.54) is 25.5 Å². The second kappa shape index (κ2) is 5.60. The molecule has 2 aliphatic rings. The Morgan fingerprint density at radius 1 is 1.38 bits per heavy atom. The van der Waals surface area contributed by atoms with E-state index in [2.05, 4.69) is 21.8 Å². The largest absolute Gasteiger partial charge is 0.335 e. The summed E-state index contributed by atoms with van der Waals surface area (Å²) in [5.74, 6) is 0.324. The Kier molecular flexibility index (Phi) is 3.80. The van der Waals surface area contributed by atoms with Crippen LogP contribution in [0.15, 0.2) is 11.0 Å². The van der Waals surface area contributed by atoms with E-state index in [1.807, 2.05) is 0 Å². The summed E-state index contributed by atoms with van der Waals surface area (Å²) in [5, 5.41) is 0. The minimum absolute atomic E-state index is 0.144. The van der Waals surface area contributed by atoms with Crippen molar-refractivity contribution in [1.82, 2.24) is 19.8 Å². The molecule has 2 saturated heterocycles. The van der Waals surface area contributed by atoms with Crippen LogP contribution in [-0.4, -0.2) is 57.4 Å². The van der Waals surface area contributed by atoms with Crippen LogP contribution in [-0.2, 0) is 0 Å². The molecule has 6 nitrogen and oxygen atoms in total. The third kappa shape index (κ3) is 2.72. The van der Waals surface area contributed by atoms with Crippen LogP contribution in [0.4, 0.5) is 0 Å². The van der Waals surface area contributed by atoms with Gasteiger partial charge in [-0.15, -0.1) is 0 Å². The molecule has 0 bridgehead atoms. The van der Waals surface area contributed by atoms with E-state index in [0.717, 1.165) is 19.6 Å². The molecule has 1 aromatic rings. The maximum Gasteiger partial charge on any atom is 0.263 e. The van der Waals surface area contributed by atoms with E-state index < -0.39 is 0 Å². The first-order chi connectivity index (χ1) is 10.1. The lowest BCUT2D eigenvalue weighted by Gasteiger charge is -2.49. The van der Waals surface area contributed by atoms with E-state index >= 15 is 0 Å². The number of nitrogens with one attached hydrogen (secondary N) is 1. The zero-order chi connectivity index (χ0) is 15.0. The highest BCUT2D eigenvalue weighted by Crippen LogP contribution is 2.24. The van der Waals surface area contributed by atoms with Crippen molar-refractivity contribution in [1.29, 1.82) is 0 Å². The van der Waals surface area contributed by atoms with Crippen molar-refractivity contribution < 1.29 is 4.79 Å². The van der Waals surface area contributed by atoms with Gasteiger partial charge in [-0.1, -0.05) is 6.42 Å².